The Bertz CT molecular complexity index is 305. The SMILES string of the molecule is Nc1nnc(CC2COCCN2)n1N. The van der Waals surface area contributed by atoms with E-state index in [0.29, 0.717) is 18.9 Å². The van der Waals surface area contributed by atoms with Gasteiger partial charge in [-0.2, -0.15) is 0 Å². The Morgan fingerprint density at radius 1 is 1.57 bits per heavy atom. The molecule has 0 aliphatic carbocycles. The first-order valence-electron chi connectivity index (χ1n) is 4.53. The summed E-state index contributed by atoms with van der Waals surface area (Å²) in [4.78, 5) is 0. The maximum Gasteiger partial charge on any atom is 0.240 e. The van der Waals surface area contributed by atoms with Crippen molar-refractivity contribution in [3.63, 3.8) is 0 Å². The van der Waals surface area contributed by atoms with Gasteiger partial charge in [0, 0.05) is 19.0 Å². The van der Waals surface area contributed by atoms with E-state index in [1.165, 1.54) is 4.68 Å². The number of aromatic nitrogens is 3. The van der Waals surface area contributed by atoms with Gasteiger partial charge in [-0.15, -0.1) is 10.2 Å². The monoisotopic (exact) mass is 198 g/mol. The van der Waals surface area contributed by atoms with Crippen LogP contribution in [0.25, 0.3) is 0 Å². The highest BCUT2D eigenvalue weighted by atomic mass is 16.5. The summed E-state index contributed by atoms with van der Waals surface area (Å²) in [5.74, 6) is 6.52. The van der Waals surface area contributed by atoms with Crippen molar-refractivity contribution in [2.24, 2.45) is 0 Å². The highest BCUT2D eigenvalue weighted by Crippen LogP contribution is 2.04. The summed E-state index contributed by atoms with van der Waals surface area (Å²) in [5, 5.41) is 10.9. The maximum absolute atomic E-state index is 5.62. The van der Waals surface area contributed by atoms with Gasteiger partial charge in [0.05, 0.1) is 13.2 Å². The second kappa shape index (κ2) is 3.81. The predicted molar refractivity (Wildman–Crippen MR) is 50.9 cm³/mol. The van der Waals surface area contributed by atoms with Crippen molar-refractivity contribution in [1.82, 2.24) is 20.2 Å². The van der Waals surface area contributed by atoms with Crippen LogP contribution < -0.4 is 16.9 Å². The molecule has 1 aliphatic heterocycles. The smallest absolute Gasteiger partial charge is 0.240 e. The molecule has 0 amide bonds. The van der Waals surface area contributed by atoms with Gasteiger partial charge in [-0.1, -0.05) is 0 Å². The van der Waals surface area contributed by atoms with Crippen LogP contribution in [0.4, 0.5) is 5.95 Å². The van der Waals surface area contributed by atoms with E-state index in [2.05, 4.69) is 15.5 Å². The number of nitrogen functional groups attached to an aromatic ring is 2. The van der Waals surface area contributed by atoms with Crippen LogP contribution in [-0.4, -0.2) is 40.7 Å². The van der Waals surface area contributed by atoms with E-state index in [0.717, 1.165) is 13.2 Å². The van der Waals surface area contributed by atoms with E-state index in [-0.39, 0.29) is 12.0 Å². The topological polar surface area (TPSA) is 104 Å². The number of nitrogens with zero attached hydrogens (tertiary/aromatic N) is 3. The van der Waals surface area contributed by atoms with Gasteiger partial charge in [0.25, 0.3) is 0 Å². The van der Waals surface area contributed by atoms with Gasteiger partial charge in [-0.3, -0.25) is 0 Å². The van der Waals surface area contributed by atoms with Crippen molar-refractivity contribution in [3.05, 3.63) is 5.82 Å². The van der Waals surface area contributed by atoms with E-state index in [4.69, 9.17) is 16.3 Å². The minimum Gasteiger partial charge on any atom is -0.379 e. The van der Waals surface area contributed by atoms with Crippen molar-refractivity contribution in [1.29, 1.82) is 0 Å². The molecule has 0 spiro atoms. The Labute approximate surface area is 81.4 Å². The standard InChI is InChI=1S/C7H14N6O/c8-7-12-11-6(13(7)9)3-5-4-14-2-1-10-5/h5,10H,1-4,9H2,(H2,8,12). The molecule has 78 valence electrons. The molecule has 1 aromatic heterocycles. The van der Waals surface area contributed by atoms with Gasteiger partial charge in [0.2, 0.25) is 5.95 Å². The van der Waals surface area contributed by atoms with Crippen molar-refractivity contribution in [2.45, 2.75) is 12.5 Å². The van der Waals surface area contributed by atoms with Crippen molar-refractivity contribution in [2.75, 3.05) is 31.3 Å². The Hall–Kier alpha value is -1.34. The van der Waals surface area contributed by atoms with Gasteiger partial charge in [0.15, 0.2) is 5.82 Å². The van der Waals surface area contributed by atoms with Crippen LogP contribution in [0, 0.1) is 0 Å². The quantitative estimate of drug-likeness (QED) is 0.480. The largest absolute Gasteiger partial charge is 0.379 e. The molecule has 1 aliphatic rings. The third-order valence-electron chi connectivity index (χ3n) is 2.22. The predicted octanol–water partition coefficient (Wildman–Crippen LogP) is -1.89. The molecule has 1 atom stereocenters. The Morgan fingerprint density at radius 2 is 2.43 bits per heavy atom. The van der Waals surface area contributed by atoms with Crippen LogP contribution in [0.3, 0.4) is 0 Å². The zero-order chi connectivity index (χ0) is 9.97. The molecule has 1 fully saturated rings. The minimum absolute atomic E-state index is 0.233. The van der Waals surface area contributed by atoms with Crippen LogP contribution in [0.1, 0.15) is 5.82 Å². The lowest BCUT2D eigenvalue weighted by Crippen LogP contribution is -2.43. The molecule has 0 saturated carbocycles. The number of rotatable bonds is 2. The Morgan fingerprint density at radius 3 is 3.00 bits per heavy atom. The summed E-state index contributed by atoms with van der Waals surface area (Å²) in [6, 6.07) is 0.245. The number of morpholine rings is 1. The highest BCUT2D eigenvalue weighted by Gasteiger charge is 2.17. The van der Waals surface area contributed by atoms with Crippen molar-refractivity contribution < 1.29 is 4.74 Å². The van der Waals surface area contributed by atoms with Gasteiger partial charge in [0.1, 0.15) is 0 Å². The van der Waals surface area contributed by atoms with E-state index in [9.17, 15) is 0 Å². The number of anilines is 1. The molecule has 7 nitrogen and oxygen atoms in total. The number of nitrogens with one attached hydrogen (secondary N) is 1. The lowest BCUT2D eigenvalue weighted by molar-refractivity contribution is 0.0762. The molecule has 14 heavy (non-hydrogen) atoms. The summed E-state index contributed by atoms with van der Waals surface area (Å²) in [7, 11) is 0. The summed E-state index contributed by atoms with van der Waals surface area (Å²) in [6.45, 7) is 2.29. The molecular weight excluding hydrogens is 184 g/mol. The second-order valence-corrected chi connectivity index (χ2v) is 3.27. The van der Waals surface area contributed by atoms with E-state index in [1.807, 2.05) is 0 Å². The third kappa shape index (κ3) is 1.78. The maximum atomic E-state index is 5.62. The summed E-state index contributed by atoms with van der Waals surface area (Å²) < 4.78 is 6.61. The molecule has 0 radical (unpaired) electrons. The Kier molecular flexibility index (Phi) is 2.51. The molecule has 5 N–H and O–H groups in total. The molecule has 0 aromatic carbocycles. The first-order valence-corrected chi connectivity index (χ1v) is 4.53. The van der Waals surface area contributed by atoms with Crippen LogP contribution >= 0.6 is 0 Å². The van der Waals surface area contributed by atoms with Gasteiger partial charge < -0.3 is 21.6 Å². The fourth-order valence-corrected chi connectivity index (χ4v) is 1.45. The normalized spacial score (nSPS) is 22.4. The molecular formula is C7H14N6O. The zero-order valence-electron chi connectivity index (χ0n) is 7.81. The fraction of sp³-hybridized carbons (Fsp3) is 0.714. The van der Waals surface area contributed by atoms with Gasteiger partial charge in [-0.05, 0) is 0 Å². The lowest BCUT2D eigenvalue weighted by atomic mass is 10.2. The summed E-state index contributed by atoms with van der Waals surface area (Å²) in [6.07, 6.45) is 0.681. The molecule has 0 bridgehead atoms. The lowest BCUT2D eigenvalue weighted by Gasteiger charge is -2.22. The third-order valence-corrected chi connectivity index (χ3v) is 2.22. The summed E-state index contributed by atoms with van der Waals surface area (Å²) in [5.41, 5.74) is 5.46. The number of ether oxygens (including phenoxy) is 1. The van der Waals surface area contributed by atoms with Crippen molar-refractivity contribution >= 4 is 5.95 Å². The Balaban J connectivity index is 1.99. The zero-order valence-corrected chi connectivity index (χ0v) is 7.81. The van der Waals surface area contributed by atoms with E-state index < -0.39 is 0 Å². The van der Waals surface area contributed by atoms with Crippen molar-refractivity contribution in [3.8, 4) is 0 Å². The van der Waals surface area contributed by atoms with Crippen LogP contribution in [0.2, 0.25) is 0 Å². The average Bonchev–Trinajstić information content (AvgIpc) is 2.52. The first-order chi connectivity index (χ1) is 6.77. The van der Waals surface area contributed by atoms with E-state index >= 15 is 0 Å². The van der Waals surface area contributed by atoms with Crippen LogP contribution in [0.15, 0.2) is 0 Å². The molecule has 2 rings (SSSR count). The first kappa shape index (κ1) is 9.22. The fourth-order valence-electron chi connectivity index (χ4n) is 1.45. The highest BCUT2D eigenvalue weighted by molar-refractivity contribution is 5.17. The van der Waals surface area contributed by atoms with Crippen LogP contribution in [-0.2, 0) is 11.2 Å². The van der Waals surface area contributed by atoms with Gasteiger partial charge >= 0.3 is 0 Å². The molecule has 2 heterocycles. The minimum atomic E-state index is 0.233. The van der Waals surface area contributed by atoms with E-state index in [1.54, 1.807) is 0 Å². The second-order valence-electron chi connectivity index (χ2n) is 3.27. The number of nitrogens with two attached hydrogens (primary N) is 2. The van der Waals surface area contributed by atoms with Gasteiger partial charge in [-0.25, -0.2) is 4.68 Å². The number of hydrogen-bond donors (Lipinski definition) is 3. The average molecular weight is 198 g/mol. The molecule has 1 unspecified atom stereocenters. The molecule has 1 aromatic rings. The molecule has 1 saturated heterocycles. The molecule has 7 heteroatoms. The van der Waals surface area contributed by atoms with Crippen LogP contribution in [0.5, 0.6) is 0 Å². The summed E-state index contributed by atoms with van der Waals surface area (Å²) >= 11 is 0. The number of hydrogen-bond acceptors (Lipinski definition) is 6.